The van der Waals surface area contributed by atoms with E-state index in [-0.39, 0.29) is 24.5 Å². The van der Waals surface area contributed by atoms with Gasteiger partial charge >= 0.3 is 6.03 Å². The fourth-order valence-corrected chi connectivity index (χ4v) is 2.38. The van der Waals surface area contributed by atoms with Crippen molar-refractivity contribution in [2.45, 2.75) is 33.4 Å². The third-order valence-electron chi connectivity index (χ3n) is 3.61. The minimum Gasteiger partial charge on any atom is -0.368 e. The molecule has 3 amide bonds. The predicted octanol–water partition coefficient (Wildman–Crippen LogP) is 2.20. The molecule has 4 N–H and O–H groups in total. The van der Waals surface area contributed by atoms with Crippen molar-refractivity contribution in [1.82, 2.24) is 14.9 Å². The number of aryl methyl sites for hydroxylation is 1. The van der Waals surface area contributed by atoms with Crippen LogP contribution in [0.5, 0.6) is 0 Å². The third kappa shape index (κ3) is 4.58. The lowest BCUT2D eigenvalue weighted by molar-refractivity contribution is -0.118. The number of nitrogens with two attached hydrogens (primary N) is 1. The van der Waals surface area contributed by atoms with Crippen molar-refractivity contribution in [1.29, 1.82) is 0 Å². The zero-order valence-corrected chi connectivity index (χ0v) is 14.1. The fourth-order valence-electron chi connectivity index (χ4n) is 2.38. The molecule has 0 aliphatic carbocycles. The average molecular weight is 329 g/mol. The van der Waals surface area contributed by atoms with E-state index in [1.165, 1.54) is 0 Å². The Morgan fingerprint density at radius 2 is 1.92 bits per heavy atom. The summed E-state index contributed by atoms with van der Waals surface area (Å²) in [4.78, 5) is 27.7. The highest BCUT2D eigenvalue weighted by Crippen LogP contribution is 2.20. The summed E-state index contributed by atoms with van der Waals surface area (Å²) in [7, 11) is 0. The first-order valence-corrected chi connectivity index (χ1v) is 7.80. The molecule has 2 aromatic rings. The molecule has 1 heterocycles. The number of primary amides is 1. The van der Waals surface area contributed by atoms with Gasteiger partial charge in [-0.1, -0.05) is 31.5 Å². The molecular weight excluding hydrogens is 306 g/mol. The van der Waals surface area contributed by atoms with Crippen LogP contribution in [0, 0.1) is 12.8 Å². The lowest BCUT2D eigenvalue weighted by Crippen LogP contribution is -2.37. The smallest absolute Gasteiger partial charge is 0.319 e. The van der Waals surface area contributed by atoms with E-state index in [1.807, 2.05) is 45.0 Å². The van der Waals surface area contributed by atoms with E-state index in [0.29, 0.717) is 11.5 Å². The zero-order valence-electron chi connectivity index (χ0n) is 14.1. The molecule has 0 aliphatic heterocycles. The molecule has 0 saturated heterocycles. The summed E-state index contributed by atoms with van der Waals surface area (Å²) in [6.45, 7) is 5.96. The molecule has 0 bridgehead atoms. The number of rotatable bonds is 6. The zero-order chi connectivity index (χ0) is 17.7. The first-order chi connectivity index (χ1) is 11.4. The van der Waals surface area contributed by atoms with Crippen LogP contribution in [-0.4, -0.2) is 21.5 Å². The molecule has 1 aromatic carbocycles. The van der Waals surface area contributed by atoms with Crippen LogP contribution in [-0.2, 0) is 11.3 Å². The summed E-state index contributed by atoms with van der Waals surface area (Å²) >= 11 is 0. The molecule has 24 heavy (non-hydrogen) atoms. The van der Waals surface area contributed by atoms with E-state index in [0.717, 1.165) is 5.56 Å². The van der Waals surface area contributed by atoms with Gasteiger partial charge in [0.25, 0.3) is 0 Å². The summed E-state index contributed by atoms with van der Waals surface area (Å²) < 4.78 is 1.65. The maximum absolute atomic E-state index is 12.3. The van der Waals surface area contributed by atoms with Gasteiger partial charge in [-0.15, -0.1) is 0 Å². The van der Waals surface area contributed by atoms with Gasteiger partial charge < -0.3 is 20.9 Å². The van der Waals surface area contributed by atoms with Crippen LogP contribution in [0.25, 0.3) is 0 Å². The second-order valence-electron chi connectivity index (χ2n) is 6.07. The molecule has 0 fully saturated rings. The number of nitrogens with one attached hydrogen (secondary N) is 2. The van der Waals surface area contributed by atoms with Crippen molar-refractivity contribution < 1.29 is 9.59 Å². The highest BCUT2D eigenvalue weighted by atomic mass is 16.2. The van der Waals surface area contributed by atoms with Gasteiger partial charge in [0.1, 0.15) is 12.4 Å². The van der Waals surface area contributed by atoms with Gasteiger partial charge in [0, 0.05) is 18.1 Å². The number of aromatic nitrogens is 2. The maximum Gasteiger partial charge on any atom is 0.319 e. The lowest BCUT2D eigenvalue weighted by Gasteiger charge is -2.23. The van der Waals surface area contributed by atoms with E-state index < -0.39 is 5.91 Å². The van der Waals surface area contributed by atoms with E-state index in [4.69, 9.17) is 5.73 Å². The van der Waals surface area contributed by atoms with Gasteiger partial charge in [0.15, 0.2) is 0 Å². The number of imidazole rings is 1. The van der Waals surface area contributed by atoms with Crippen LogP contribution in [0.15, 0.2) is 36.7 Å². The SMILES string of the molecule is Cc1ccc(NC(=O)N[C@H](c2nccn2CC(N)=O)C(C)C)cc1. The monoisotopic (exact) mass is 329 g/mol. The summed E-state index contributed by atoms with van der Waals surface area (Å²) in [6, 6.07) is 6.86. The molecule has 0 aliphatic rings. The average Bonchev–Trinajstić information content (AvgIpc) is 2.94. The highest BCUT2D eigenvalue weighted by molar-refractivity contribution is 5.89. The number of hydrogen-bond acceptors (Lipinski definition) is 3. The molecule has 0 spiro atoms. The number of amides is 3. The second-order valence-corrected chi connectivity index (χ2v) is 6.07. The summed E-state index contributed by atoms with van der Waals surface area (Å²) in [5.41, 5.74) is 7.09. The summed E-state index contributed by atoms with van der Waals surface area (Å²) in [5, 5.41) is 5.71. The number of benzene rings is 1. The number of carbonyl (C=O) groups is 2. The normalized spacial score (nSPS) is 12.0. The Kier molecular flexibility index (Phi) is 5.57. The number of urea groups is 1. The van der Waals surface area contributed by atoms with Crippen LogP contribution in [0.1, 0.15) is 31.3 Å². The molecule has 128 valence electrons. The first-order valence-electron chi connectivity index (χ1n) is 7.80. The van der Waals surface area contributed by atoms with Gasteiger partial charge in [-0.2, -0.15) is 0 Å². The van der Waals surface area contributed by atoms with Crippen molar-refractivity contribution >= 4 is 17.6 Å². The van der Waals surface area contributed by atoms with E-state index in [9.17, 15) is 9.59 Å². The number of hydrogen-bond donors (Lipinski definition) is 3. The minimum absolute atomic E-state index is 0.0276. The molecule has 7 heteroatoms. The van der Waals surface area contributed by atoms with Crippen molar-refractivity contribution in [2.75, 3.05) is 5.32 Å². The van der Waals surface area contributed by atoms with Gasteiger partial charge in [-0.05, 0) is 25.0 Å². The van der Waals surface area contributed by atoms with Gasteiger partial charge in [-0.3, -0.25) is 4.79 Å². The lowest BCUT2D eigenvalue weighted by atomic mass is 10.0. The van der Waals surface area contributed by atoms with Crippen molar-refractivity contribution in [3.05, 3.63) is 48.0 Å². The van der Waals surface area contributed by atoms with Crippen molar-refractivity contribution in [2.24, 2.45) is 11.7 Å². The Bertz CT molecular complexity index is 706. The molecule has 0 radical (unpaired) electrons. The largest absolute Gasteiger partial charge is 0.368 e. The number of carbonyl (C=O) groups excluding carboxylic acids is 2. The van der Waals surface area contributed by atoms with E-state index in [1.54, 1.807) is 17.0 Å². The summed E-state index contributed by atoms with van der Waals surface area (Å²) in [6.07, 6.45) is 3.27. The fraction of sp³-hybridized carbons (Fsp3) is 0.353. The van der Waals surface area contributed by atoms with E-state index in [2.05, 4.69) is 15.6 Å². The highest BCUT2D eigenvalue weighted by Gasteiger charge is 2.23. The Morgan fingerprint density at radius 1 is 1.25 bits per heavy atom. The van der Waals surface area contributed by atoms with Gasteiger partial charge in [-0.25, -0.2) is 9.78 Å². The molecule has 1 atom stereocenters. The topological polar surface area (TPSA) is 102 Å². The van der Waals surface area contributed by atoms with Crippen molar-refractivity contribution in [3.8, 4) is 0 Å². The minimum atomic E-state index is -0.458. The van der Waals surface area contributed by atoms with Crippen molar-refractivity contribution in [3.63, 3.8) is 0 Å². The van der Waals surface area contributed by atoms with Crippen LogP contribution in [0.4, 0.5) is 10.5 Å². The number of nitrogens with zero attached hydrogens (tertiary/aromatic N) is 2. The van der Waals surface area contributed by atoms with Crippen LogP contribution < -0.4 is 16.4 Å². The third-order valence-corrected chi connectivity index (χ3v) is 3.61. The molecule has 2 rings (SSSR count). The van der Waals surface area contributed by atoms with Crippen LogP contribution in [0.3, 0.4) is 0 Å². The predicted molar refractivity (Wildman–Crippen MR) is 92.3 cm³/mol. The standard InChI is InChI=1S/C17H23N5O2/c1-11(2)15(16-19-8-9-22(16)10-14(18)23)21-17(24)20-13-6-4-12(3)5-7-13/h4-9,11,15H,10H2,1-3H3,(H2,18,23)(H2,20,21,24)/t15-/m0/s1. The Morgan fingerprint density at radius 3 is 2.50 bits per heavy atom. The van der Waals surface area contributed by atoms with Crippen LogP contribution in [0.2, 0.25) is 0 Å². The maximum atomic E-state index is 12.3. The molecule has 0 saturated carbocycles. The Balaban J connectivity index is 2.11. The van der Waals surface area contributed by atoms with Gasteiger partial charge in [0.05, 0.1) is 6.04 Å². The molecular formula is C17H23N5O2. The Labute approximate surface area is 141 Å². The quantitative estimate of drug-likeness (QED) is 0.757. The second kappa shape index (κ2) is 7.63. The molecule has 1 aromatic heterocycles. The van der Waals surface area contributed by atoms with Crippen LogP contribution >= 0.6 is 0 Å². The Hall–Kier alpha value is -2.83. The summed E-state index contributed by atoms with van der Waals surface area (Å²) in [5.74, 6) is 0.228. The van der Waals surface area contributed by atoms with Gasteiger partial charge in [0.2, 0.25) is 5.91 Å². The first kappa shape index (κ1) is 17.5. The molecule has 7 nitrogen and oxygen atoms in total. The molecule has 0 unspecified atom stereocenters. The van der Waals surface area contributed by atoms with E-state index >= 15 is 0 Å². The number of anilines is 1.